The Labute approximate surface area is 461 Å². The molecule has 0 aromatic heterocycles. The second kappa shape index (κ2) is 27.3. The van der Waals surface area contributed by atoms with E-state index in [0.717, 1.165) is 43.2 Å². The normalized spacial score (nSPS) is 24.8. The lowest BCUT2D eigenvalue weighted by molar-refractivity contribution is -0.148. The van der Waals surface area contributed by atoms with Crippen molar-refractivity contribution in [3.63, 3.8) is 0 Å². The molecule has 3 heterocycles. The molecule has 2 saturated carbocycles. The third-order valence-corrected chi connectivity index (χ3v) is 17.8. The summed E-state index contributed by atoms with van der Waals surface area (Å²) in [5.41, 5.74) is 2.20. The third kappa shape index (κ3) is 14.2. The Kier molecular flexibility index (Phi) is 20.9. The number of ether oxygens (including phenoxy) is 2. The molecule has 18 heteroatoms. The Morgan fingerprint density at radius 3 is 2.06 bits per heavy atom. The van der Waals surface area contributed by atoms with Gasteiger partial charge in [-0.3, -0.25) is 48.2 Å². The number of nitrogens with one attached hydrogen (secondary N) is 4. The van der Waals surface area contributed by atoms with Crippen molar-refractivity contribution in [3.8, 4) is 0 Å². The molecule has 5 aliphatic rings. The molecule has 0 radical (unpaired) electrons. The van der Waals surface area contributed by atoms with Crippen molar-refractivity contribution in [3.05, 3.63) is 77.9 Å². The van der Waals surface area contributed by atoms with Crippen molar-refractivity contribution in [2.45, 2.75) is 167 Å². The summed E-state index contributed by atoms with van der Waals surface area (Å²) >= 11 is 0. The summed E-state index contributed by atoms with van der Waals surface area (Å²) < 4.78 is 12.2. The molecular formula is C60H86N8O10. The summed E-state index contributed by atoms with van der Waals surface area (Å²) in [6.45, 7) is 10.8. The van der Waals surface area contributed by atoms with Gasteiger partial charge in [0.2, 0.25) is 35.4 Å². The van der Waals surface area contributed by atoms with Crippen molar-refractivity contribution in [1.29, 1.82) is 0 Å². The van der Waals surface area contributed by atoms with E-state index in [-0.39, 0.29) is 83.9 Å². The minimum Gasteiger partial charge on any atom is -0.379 e. The Bertz CT molecular complexity index is 2440. The number of hydrogen-bond acceptors (Lipinski definition) is 11. The van der Waals surface area contributed by atoms with Gasteiger partial charge in [0.05, 0.1) is 42.7 Å². The first-order valence-corrected chi connectivity index (χ1v) is 28.5. The molecule has 2 aromatic carbocycles. The topological polar surface area (TPSA) is 216 Å². The van der Waals surface area contributed by atoms with Gasteiger partial charge in [0, 0.05) is 77.1 Å². The van der Waals surface area contributed by atoms with Gasteiger partial charge >= 0.3 is 0 Å². The number of anilines is 1. The largest absolute Gasteiger partial charge is 0.379 e. The Morgan fingerprint density at radius 1 is 0.782 bits per heavy atom. The molecule has 7 unspecified atom stereocenters. The standard InChI is InChI=1S/C60H86N8O10/c1-10-37(4)53(66(7)60(76)52(36(2)3)64-59(75)54-43-24-27-45(32-43)65(54)6)48(77-8)33-51(71)67-30-14-17-47(67)55(78-9)38(5)56(72)63-46(31-39-15-12-11-13-16-39)58(74)62-44-25-20-40(21-26-44)34-61-57(73)42-22-18-41(19-23-42)35-68-49(69)28-29-50(68)70/h11-13,15-16,20-21,25-26,28-29,36-38,41-43,45-48,52-55H,10,14,17-19,22-24,27,30-35H2,1-9H3,(H,61,73)(H,62,74)(H,63,72)(H,64,75)/t37?,38?,41?,42?,43-,45+,46?,47-,48?,52?,53?,54-,55?/m0/s1. The predicted molar refractivity (Wildman–Crippen MR) is 296 cm³/mol. The number of nitrogens with zero attached hydrogens (tertiary/aromatic N) is 4. The number of carbonyl (C=O) groups excluding carboxylic acids is 8. The number of amides is 8. The molecule has 3 aliphatic heterocycles. The first kappa shape index (κ1) is 59.7. The molecule has 0 spiro atoms. The van der Waals surface area contributed by atoms with Crippen molar-refractivity contribution < 1.29 is 47.8 Å². The van der Waals surface area contributed by atoms with Crippen LogP contribution in [0.4, 0.5) is 5.69 Å². The number of fused-ring (bicyclic) bond motifs is 2. The fraction of sp³-hybridized carbons (Fsp3) is 0.633. The van der Waals surface area contributed by atoms with Gasteiger partial charge in [0.1, 0.15) is 12.1 Å². The van der Waals surface area contributed by atoms with Gasteiger partial charge in [-0.05, 0) is 112 Å². The van der Waals surface area contributed by atoms with Gasteiger partial charge in [-0.2, -0.15) is 0 Å². The van der Waals surface area contributed by atoms with Crippen molar-refractivity contribution in [1.82, 2.24) is 35.6 Å². The molecule has 2 saturated heterocycles. The van der Waals surface area contributed by atoms with Crippen LogP contribution in [0.5, 0.6) is 0 Å². The summed E-state index contributed by atoms with van der Waals surface area (Å²) in [6.07, 6.45) is 9.38. The van der Waals surface area contributed by atoms with Crippen LogP contribution < -0.4 is 21.3 Å². The van der Waals surface area contributed by atoms with Crippen LogP contribution in [0, 0.1) is 35.5 Å². The van der Waals surface area contributed by atoms with E-state index in [4.69, 9.17) is 9.47 Å². The minimum atomic E-state index is -0.967. The summed E-state index contributed by atoms with van der Waals surface area (Å²) in [5, 5.41) is 12.2. The van der Waals surface area contributed by atoms with Gasteiger partial charge in [-0.25, -0.2) is 0 Å². The van der Waals surface area contributed by atoms with Gasteiger partial charge in [0.15, 0.2) is 0 Å². The molecule has 18 nitrogen and oxygen atoms in total. The van der Waals surface area contributed by atoms with Crippen molar-refractivity contribution >= 4 is 52.9 Å². The van der Waals surface area contributed by atoms with Gasteiger partial charge in [0.25, 0.3) is 11.8 Å². The van der Waals surface area contributed by atoms with E-state index >= 15 is 0 Å². The van der Waals surface area contributed by atoms with Crippen LogP contribution in [0.3, 0.4) is 0 Å². The average molecular weight is 1080 g/mol. The molecule has 7 rings (SSSR count). The molecule has 2 aromatic rings. The number of piperidine rings is 1. The number of hydrogen-bond donors (Lipinski definition) is 4. The van der Waals surface area contributed by atoms with Crippen LogP contribution in [-0.2, 0) is 60.8 Å². The molecule has 78 heavy (non-hydrogen) atoms. The fourth-order valence-electron chi connectivity index (χ4n) is 13.0. The SMILES string of the molecule is CCC(C)C(C(CC(=O)N1CCC[C@H]1C(OC)C(C)C(=O)NC(Cc1ccccc1)C(=O)Nc1ccc(CNC(=O)C2CCC(CN3C(=O)C=CC3=O)CC2)cc1)OC)N(C)C(=O)C(NC(=O)[C@@H]1[C@H]2CC[C@H](C2)N1C)C(C)C. The summed E-state index contributed by atoms with van der Waals surface area (Å²) in [6, 6.07) is 14.1. The first-order valence-electron chi connectivity index (χ1n) is 28.5. The summed E-state index contributed by atoms with van der Waals surface area (Å²) in [5.74, 6) is -2.66. The number of likely N-dealkylation sites (N-methyl/N-ethyl adjacent to an activating group) is 2. The minimum absolute atomic E-state index is 0.0181. The zero-order valence-electron chi connectivity index (χ0n) is 47.4. The molecule has 426 valence electrons. The van der Waals surface area contributed by atoms with E-state index in [9.17, 15) is 38.4 Å². The molecule has 2 bridgehead atoms. The second-order valence-corrected chi connectivity index (χ2v) is 23.1. The highest BCUT2D eigenvalue weighted by molar-refractivity contribution is 6.12. The third-order valence-electron chi connectivity index (χ3n) is 17.8. The maximum Gasteiger partial charge on any atom is 0.253 e. The predicted octanol–water partition coefficient (Wildman–Crippen LogP) is 5.24. The van der Waals surface area contributed by atoms with E-state index in [2.05, 4.69) is 26.2 Å². The lowest BCUT2D eigenvalue weighted by Gasteiger charge is -2.41. The van der Waals surface area contributed by atoms with E-state index in [0.29, 0.717) is 63.5 Å². The number of methoxy groups -OCH3 is 2. The van der Waals surface area contributed by atoms with Crippen molar-refractivity contribution in [2.75, 3.05) is 46.7 Å². The Morgan fingerprint density at radius 2 is 1.46 bits per heavy atom. The van der Waals surface area contributed by atoms with Crippen LogP contribution in [-0.4, -0.2) is 157 Å². The Balaban J connectivity index is 0.946. The zero-order chi connectivity index (χ0) is 56.4. The number of benzene rings is 2. The van der Waals surface area contributed by atoms with Crippen LogP contribution in [0.25, 0.3) is 0 Å². The van der Waals surface area contributed by atoms with Crippen LogP contribution in [0.2, 0.25) is 0 Å². The lowest BCUT2D eigenvalue weighted by Crippen LogP contribution is -2.60. The van der Waals surface area contributed by atoms with Crippen LogP contribution in [0.1, 0.15) is 116 Å². The van der Waals surface area contributed by atoms with Crippen LogP contribution >= 0.6 is 0 Å². The summed E-state index contributed by atoms with van der Waals surface area (Å²) in [4.78, 5) is 115. The number of rotatable bonds is 25. The fourth-order valence-corrected chi connectivity index (χ4v) is 13.0. The average Bonchev–Trinajstić information content (AvgIpc) is 4.28. The molecule has 8 amide bonds. The van der Waals surface area contributed by atoms with Gasteiger partial charge in [-0.1, -0.05) is 83.5 Å². The maximum absolute atomic E-state index is 14.6. The quantitative estimate of drug-likeness (QED) is 0.0944. The van der Waals surface area contributed by atoms with E-state index < -0.39 is 54.1 Å². The number of likely N-dealkylation sites (tertiary alicyclic amines) is 2. The highest BCUT2D eigenvalue weighted by Gasteiger charge is 2.49. The molecule has 4 fully saturated rings. The highest BCUT2D eigenvalue weighted by atomic mass is 16.5. The smallest absolute Gasteiger partial charge is 0.253 e. The molecular weight excluding hydrogens is 993 g/mol. The van der Waals surface area contributed by atoms with Crippen LogP contribution in [0.15, 0.2) is 66.7 Å². The van der Waals surface area contributed by atoms with Crippen molar-refractivity contribution in [2.24, 2.45) is 35.5 Å². The van der Waals surface area contributed by atoms with E-state index in [1.165, 1.54) is 24.2 Å². The van der Waals surface area contributed by atoms with Gasteiger partial charge in [-0.15, -0.1) is 0 Å². The second-order valence-electron chi connectivity index (χ2n) is 23.1. The monoisotopic (exact) mass is 1080 g/mol. The number of imide groups is 1. The van der Waals surface area contributed by atoms with Gasteiger partial charge < -0.3 is 40.5 Å². The van der Waals surface area contributed by atoms with E-state index in [1.54, 1.807) is 43.0 Å². The molecule has 4 N–H and O–H groups in total. The molecule has 2 aliphatic carbocycles. The number of carbonyl (C=O) groups is 8. The summed E-state index contributed by atoms with van der Waals surface area (Å²) in [7, 11) is 6.84. The van der Waals surface area contributed by atoms with E-state index in [1.807, 2.05) is 77.2 Å². The maximum atomic E-state index is 14.6. The lowest BCUT2D eigenvalue weighted by atomic mass is 9.81. The molecule has 11 atom stereocenters. The first-order chi connectivity index (χ1) is 37.3. The zero-order valence-corrected chi connectivity index (χ0v) is 47.4. The Hall–Kier alpha value is -5.98. The highest BCUT2D eigenvalue weighted by Crippen LogP contribution is 2.41.